The molecule has 1 amide bonds. The monoisotopic (exact) mass is 313 g/mol. The number of carbonyl (C=O) groups excluding carboxylic acids is 1. The lowest BCUT2D eigenvalue weighted by Gasteiger charge is -2.08. The molecule has 0 radical (unpaired) electrons. The second-order valence-corrected chi connectivity index (χ2v) is 5.24. The van der Waals surface area contributed by atoms with Crippen molar-refractivity contribution in [3.63, 3.8) is 0 Å². The average molecular weight is 313 g/mol. The number of nitrogens with one attached hydrogen (secondary N) is 2. The van der Waals surface area contributed by atoms with Crippen LogP contribution in [-0.4, -0.2) is 24.5 Å². The van der Waals surface area contributed by atoms with E-state index in [0.717, 1.165) is 36.5 Å². The van der Waals surface area contributed by atoms with Gasteiger partial charge in [0.05, 0.1) is 12.7 Å². The first-order valence-electron chi connectivity index (χ1n) is 7.84. The predicted octanol–water partition coefficient (Wildman–Crippen LogP) is 3.23. The quantitative estimate of drug-likeness (QED) is 0.734. The number of unbranched alkanes of at least 4 members (excludes halogenated alkanes) is 1. The predicted molar refractivity (Wildman–Crippen MR) is 91.8 cm³/mol. The molecule has 0 saturated carbocycles. The van der Waals surface area contributed by atoms with Crippen LogP contribution in [0.2, 0.25) is 0 Å². The Hall–Kier alpha value is -2.56. The van der Waals surface area contributed by atoms with Crippen LogP contribution in [0.25, 0.3) is 0 Å². The van der Waals surface area contributed by atoms with Crippen molar-refractivity contribution in [2.75, 3.05) is 19.0 Å². The summed E-state index contributed by atoms with van der Waals surface area (Å²) >= 11 is 0. The maximum atomic E-state index is 12.1. The molecule has 1 heterocycles. The van der Waals surface area contributed by atoms with Crippen molar-refractivity contribution in [3.05, 3.63) is 53.7 Å². The topological polar surface area (TPSA) is 63.2 Å². The fourth-order valence-electron chi connectivity index (χ4n) is 2.05. The highest BCUT2D eigenvalue weighted by Crippen LogP contribution is 2.11. The van der Waals surface area contributed by atoms with E-state index in [1.165, 1.54) is 0 Å². The minimum absolute atomic E-state index is 0.131. The molecule has 0 fully saturated rings. The Morgan fingerprint density at radius 2 is 1.96 bits per heavy atom. The summed E-state index contributed by atoms with van der Waals surface area (Å²) < 4.78 is 5.11. The Balaban J connectivity index is 1.84. The summed E-state index contributed by atoms with van der Waals surface area (Å²) in [5.41, 5.74) is 1.57. The van der Waals surface area contributed by atoms with E-state index in [0.29, 0.717) is 12.1 Å². The lowest BCUT2D eigenvalue weighted by molar-refractivity contribution is 0.0950. The van der Waals surface area contributed by atoms with Gasteiger partial charge < -0.3 is 15.4 Å². The summed E-state index contributed by atoms with van der Waals surface area (Å²) in [4.78, 5) is 16.4. The van der Waals surface area contributed by atoms with Crippen molar-refractivity contribution in [2.24, 2.45) is 0 Å². The molecule has 0 aliphatic rings. The smallest absolute Gasteiger partial charge is 0.253 e. The van der Waals surface area contributed by atoms with Gasteiger partial charge in [0, 0.05) is 19.3 Å². The molecule has 0 aliphatic heterocycles. The van der Waals surface area contributed by atoms with Gasteiger partial charge in [-0.2, -0.15) is 0 Å². The molecule has 0 unspecified atom stereocenters. The van der Waals surface area contributed by atoms with Crippen molar-refractivity contribution in [1.29, 1.82) is 0 Å². The fraction of sp³-hybridized carbons (Fsp3) is 0.333. The van der Waals surface area contributed by atoms with E-state index in [1.807, 2.05) is 30.3 Å². The molecule has 2 rings (SSSR count). The van der Waals surface area contributed by atoms with E-state index in [4.69, 9.17) is 4.74 Å². The van der Waals surface area contributed by atoms with Gasteiger partial charge in [0.25, 0.3) is 5.91 Å². The fourth-order valence-corrected chi connectivity index (χ4v) is 2.05. The van der Waals surface area contributed by atoms with Gasteiger partial charge >= 0.3 is 0 Å². The van der Waals surface area contributed by atoms with Crippen LogP contribution in [0, 0.1) is 0 Å². The highest BCUT2D eigenvalue weighted by molar-refractivity contribution is 5.94. The zero-order valence-electron chi connectivity index (χ0n) is 13.6. The van der Waals surface area contributed by atoms with Gasteiger partial charge in [0.2, 0.25) is 0 Å². The number of carbonyl (C=O) groups is 1. The third-order valence-electron chi connectivity index (χ3n) is 3.47. The third kappa shape index (κ3) is 5.29. The molecule has 0 saturated heterocycles. The SMILES string of the molecule is CCCCNc1ccc(C(=O)NCc2ccc(OC)cc2)cn1. The minimum atomic E-state index is -0.131. The Morgan fingerprint density at radius 1 is 1.17 bits per heavy atom. The average Bonchev–Trinajstić information content (AvgIpc) is 2.61. The molecule has 1 aromatic carbocycles. The molecule has 5 nitrogen and oxygen atoms in total. The van der Waals surface area contributed by atoms with Crippen LogP contribution in [0.4, 0.5) is 5.82 Å². The molecule has 23 heavy (non-hydrogen) atoms. The number of aromatic nitrogens is 1. The molecular formula is C18H23N3O2. The van der Waals surface area contributed by atoms with E-state index < -0.39 is 0 Å². The van der Waals surface area contributed by atoms with E-state index in [1.54, 1.807) is 19.4 Å². The van der Waals surface area contributed by atoms with Crippen LogP contribution < -0.4 is 15.4 Å². The zero-order chi connectivity index (χ0) is 16.5. The van der Waals surface area contributed by atoms with Crippen LogP contribution in [-0.2, 0) is 6.54 Å². The van der Waals surface area contributed by atoms with Gasteiger partial charge in [-0.25, -0.2) is 4.98 Å². The number of anilines is 1. The van der Waals surface area contributed by atoms with Gasteiger partial charge in [-0.05, 0) is 36.2 Å². The van der Waals surface area contributed by atoms with Gasteiger partial charge in [-0.15, -0.1) is 0 Å². The maximum absolute atomic E-state index is 12.1. The van der Waals surface area contributed by atoms with Crippen LogP contribution in [0.3, 0.4) is 0 Å². The normalized spacial score (nSPS) is 10.2. The standard InChI is InChI=1S/C18H23N3O2/c1-3-4-11-19-17-10-7-15(13-20-17)18(22)21-12-14-5-8-16(23-2)9-6-14/h5-10,13H,3-4,11-12H2,1-2H3,(H,19,20)(H,21,22). The van der Waals surface area contributed by atoms with Crippen LogP contribution in [0.5, 0.6) is 5.75 Å². The van der Waals surface area contributed by atoms with Gasteiger partial charge in [-0.1, -0.05) is 25.5 Å². The number of ether oxygens (including phenoxy) is 1. The Bertz CT molecular complexity index is 609. The highest BCUT2D eigenvalue weighted by Gasteiger charge is 2.06. The molecule has 5 heteroatoms. The van der Waals surface area contributed by atoms with E-state index in [2.05, 4.69) is 22.5 Å². The number of amides is 1. The van der Waals surface area contributed by atoms with Crippen molar-refractivity contribution >= 4 is 11.7 Å². The summed E-state index contributed by atoms with van der Waals surface area (Å²) in [6, 6.07) is 11.2. The third-order valence-corrected chi connectivity index (χ3v) is 3.47. The minimum Gasteiger partial charge on any atom is -0.497 e. The summed E-state index contributed by atoms with van der Waals surface area (Å²) in [6.45, 7) is 3.51. The first-order valence-corrected chi connectivity index (χ1v) is 7.84. The number of hydrogen-bond acceptors (Lipinski definition) is 4. The number of benzene rings is 1. The second-order valence-electron chi connectivity index (χ2n) is 5.24. The number of hydrogen-bond donors (Lipinski definition) is 2. The molecule has 0 spiro atoms. The van der Waals surface area contributed by atoms with Crippen LogP contribution in [0.15, 0.2) is 42.6 Å². The van der Waals surface area contributed by atoms with Crippen molar-refractivity contribution in [1.82, 2.24) is 10.3 Å². The summed E-state index contributed by atoms with van der Waals surface area (Å²) in [7, 11) is 1.63. The van der Waals surface area contributed by atoms with E-state index in [-0.39, 0.29) is 5.91 Å². The summed E-state index contributed by atoms with van der Waals surface area (Å²) in [5, 5.41) is 6.11. The van der Waals surface area contributed by atoms with Crippen molar-refractivity contribution < 1.29 is 9.53 Å². The second kappa shape index (κ2) is 8.78. The van der Waals surface area contributed by atoms with Gasteiger partial charge in [-0.3, -0.25) is 4.79 Å². The lowest BCUT2D eigenvalue weighted by atomic mass is 10.2. The molecule has 0 atom stereocenters. The number of pyridine rings is 1. The summed E-state index contributed by atoms with van der Waals surface area (Å²) in [6.07, 6.45) is 3.84. The largest absolute Gasteiger partial charge is 0.497 e. The van der Waals surface area contributed by atoms with Gasteiger partial charge in [0.15, 0.2) is 0 Å². The molecule has 122 valence electrons. The molecule has 1 aromatic heterocycles. The summed E-state index contributed by atoms with van der Waals surface area (Å²) in [5.74, 6) is 1.47. The molecule has 2 aromatic rings. The van der Waals surface area contributed by atoms with Crippen molar-refractivity contribution in [3.8, 4) is 5.75 Å². The van der Waals surface area contributed by atoms with Gasteiger partial charge in [0.1, 0.15) is 11.6 Å². The lowest BCUT2D eigenvalue weighted by Crippen LogP contribution is -2.22. The maximum Gasteiger partial charge on any atom is 0.253 e. The molecule has 0 bridgehead atoms. The number of methoxy groups -OCH3 is 1. The molecule has 2 N–H and O–H groups in total. The van der Waals surface area contributed by atoms with Crippen LogP contribution in [0.1, 0.15) is 35.7 Å². The number of nitrogens with zero attached hydrogens (tertiary/aromatic N) is 1. The first-order chi connectivity index (χ1) is 11.2. The van der Waals surface area contributed by atoms with Crippen LogP contribution >= 0.6 is 0 Å². The number of rotatable bonds is 8. The van der Waals surface area contributed by atoms with Crippen molar-refractivity contribution in [2.45, 2.75) is 26.3 Å². The highest BCUT2D eigenvalue weighted by atomic mass is 16.5. The first kappa shape index (κ1) is 16.8. The Morgan fingerprint density at radius 3 is 2.57 bits per heavy atom. The molecular weight excluding hydrogens is 290 g/mol. The van der Waals surface area contributed by atoms with E-state index >= 15 is 0 Å². The zero-order valence-corrected chi connectivity index (χ0v) is 13.6. The van der Waals surface area contributed by atoms with E-state index in [9.17, 15) is 4.79 Å². The molecule has 0 aliphatic carbocycles. The Labute approximate surface area is 137 Å². The Kier molecular flexibility index (Phi) is 6.41.